The van der Waals surface area contributed by atoms with Crippen molar-refractivity contribution < 1.29 is 36.6 Å². The molecule has 1 aromatic heterocycles. The van der Waals surface area contributed by atoms with Crippen LogP contribution in [0.1, 0.15) is 31.9 Å². The van der Waals surface area contributed by atoms with Crippen LogP contribution in [0.2, 0.25) is 0 Å². The molecular weight excluding hydrogens is 456 g/mol. The van der Waals surface area contributed by atoms with Gasteiger partial charge < -0.3 is 19.2 Å². The lowest BCUT2D eigenvalue weighted by molar-refractivity contribution is -0.164. The number of rotatable bonds is 7. The monoisotopic (exact) mass is 482 g/mol. The van der Waals surface area contributed by atoms with Crippen molar-refractivity contribution in [3.05, 3.63) is 42.0 Å². The van der Waals surface area contributed by atoms with Crippen LogP contribution >= 0.6 is 0 Å². The summed E-state index contributed by atoms with van der Waals surface area (Å²) in [5.74, 6) is -1.56. The second-order valence-corrected chi connectivity index (χ2v) is 9.09. The van der Waals surface area contributed by atoms with Gasteiger partial charge in [-0.05, 0) is 43.7 Å². The number of alkyl halides is 4. The van der Waals surface area contributed by atoms with E-state index in [1.807, 2.05) is 12.1 Å². The minimum absolute atomic E-state index is 0.213. The van der Waals surface area contributed by atoms with Gasteiger partial charge in [0.05, 0.1) is 13.2 Å². The quantitative estimate of drug-likeness (QED) is 0.451. The van der Waals surface area contributed by atoms with Gasteiger partial charge in [-0.3, -0.25) is 10.1 Å². The molecule has 6 nitrogen and oxygen atoms in total. The van der Waals surface area contributed by atoms with Gasteiger partial charge in [0, 0.05) is 36.0 Å². The third kappa shape index (κ3) is 5.28. The predicted octanol–water partition coefficient (Wildman–Crippen LogP) is 5.21. The highest BCUT2D eigenvalue weighted by Crippen LogP contribution is 2.38. The standard InChI is InChI=1S/C24H26F4N2O4/c1-23(2,25)13-18(22(31)32)29-21(24(26,27)28)14-3-5-16-17-12-15(30-7-9-33-10-8-30)4-6-19(17)34-20(16)11-14/h3-6,11-12,18,21,29H,7-10,13H2,1-2H3,(H,31,32). The summed E-state index contributed by atoms with van der Waals surface area (Å²) in [5.41, 5.74) is -0.429. The Morgan fingerprint density at radius 2 is 1.76 bits per heavy atom. The maximum atomic E-state index is 14.0. The SMILES string of the molecule is CC(C)(F)CC(NC(c1ccc2c(c1)oc1ccc(N3CCOCC3)cc12)C(F)(F)F)C(=O)O. The molecule has 1 saturated heterocycles. The van der Waals surface area contributed by atoms with E-state index in [1.54, 1.807) is 6.07 Å². The Bertz CT molecular complexity index is 1180. The number of hydrogen-bond donors (Lipinski definition) is 2. The third-order valence-electron chi connectivity index (χ3n) is 5.87. The number of aliphatic carboxylic acids is 1. The fourth-order valence-corrected chi connectivity index (χ4v) is 4.26. The van der Waals surface area contributed by atoms with E-state index in [1.165, 1.54) is 18.2 Å². The molecule has 0 spiro atoms. The zero-order chi connectivity index (χ0) is 24.7. The second kappa shape index (κ2) is 9.07. The van der Waals surface area contributed by atoms with Gasteiger partial charge in [-0.1, -0.05) is 12.1 Å². The summed E-state index contributed by atoms with van der Waals surface area (Å²) >= 11 is 0. The maximum absolute atomic E-state index is 14.0. The number of nitrogens with one attached hydrogen (secondary N) is 1. The molecule has 2 N–H and O–H groups in total. The van der Waals surface area contributed by atoms with E-state index >= 15 is 0 Å². The molecule has 0 radical (unpaired) electrons. The van der Waals surface area contributed by atoms with Gasteiger partial charge in [0.1, 0.15) is 28.9 Å². The zero-order valence-corrected chi connectivity index (χ0v) is 18.8. The lowest BCUT2D eigenvalue weighted by Crippen LogP contribution is -2.47. The topological polar surface area (TPSA) is 74.9 Å². The van der Waals surface area contributed by atoms with Crippen molar-refractivity contribution in [1.82, 2.24) is 5.32 Å². The Balaban J connectivity index is 1.69. The van der Waals surface area contributed by atoms with Crippen LogP contribution in [-0.4, -0.2) is 55.3 Å². The van der Waals surface area contributed by atoms with Crippen LogP contribution in [-0.2, 0) is 9.53 Å². The molecule has 0 amide bonds. The largest absolute Gasteiger partial charge is 0.480 e. The van der Waals surface area contributed by atoms with E-state index < -0.39 is 36.3 Å². The van der Waals surface area contributed by atoms with Crippen LogP contribution in [0, 0.1) is 0 Å². The van der Waals surface area contributed by atoms with Gasteiger partial charge in [0.25, 0.3) is 0 Å². The highest BCUT2D eigenvalue weighted by molar-refractivity contribution is 6.06. The van der Waals surface area contributed by atoms with E-state index in [4.69, 9.17) is 9.15 Å². The summed E-state index contributed by atoms with van der Waals surface area (Å²) in [7, 11) is 0. The zero-order valence-electron chi connectivity index (χ0n) is 18.8. The molecule has 2 unspecified atom stereocenters. The van der Waals surface area contributed by atoms with Gasteiger partial charge in [-0.2, -0.15) is 13.2 Å². The number of benzene rings is 2. The molecule has 3 aromatic rings. The first-order chi connectivity index (χ1) is 15.9. The smallest absolute Gasteiger partial charge is 0.407 e. The predicted molar refractivity (Wildman–Crippen MR) is 120 cm³/mol. The van der Waals surface area contributed by atoms with Crippen LogP contribution in [0.15, 0.2) is 40.8 Å². The molecule has 1 aliphatic heterocycles. The lowest BCUT2D eigenvalue weighted by Gasteiger charge is -2.28. The lowest BCUT2D eigenvalue weighted by atomic mass is 9.98. The number of carboxylic acid groups (broad SMARTS) is 1. The Morgan fingerprint density at radius 3 is 2.38 bits per heavy atom. The summed E-state index contributed by atoms with van der Waals surface area (Å²) in [6, 6.07) is 5.67. The molecule has 0 saturated carbocycles. The van der Waals surface area contributed by atoms with Crippen molar-refractivity contribution in [3.63, 3.8) is 0 Å². The molecule has 1 fully saturated rings. The first-order valence-corrected chi connectivity index (χ1v) is 11.0. The third-order valence-corrected chi connectivity index (χ3v) is 5.87. The van der Waals surface area contributed by atoms with Gasteiger partial charge in [-0.15, -0.1) is 0 Å². The van der Waals surface area contributed by atoms with E-state index in [-0.39, 0.29) is 11.1 Å². The average molecular weight is 482 g/mol. The number of furan rings is 1. The fraction of sp³-hybridized carbons (Fsp3) is 0.458. The van der Waals surface area contributed by atoms with Crippen molar-refractivity contribution in [2.24, 2.45) is 0 Å². The van der Waals surface area contributed by atoms with Crippen molar-refractivity contribution in [2.75, 3.05) is 31.2 Å². The molecule has 34 heavy (non-hydrogen) atoms. The van der Waals surface area contributed by atoms with Crippen molar-refractivity contribution in [1.29, 1.82) is 0 Å². The Morgan fingerprint density at radius 1 is 1.06 bits per heavy atom. The number of anilines is 1. The first-order valence-electron chi connectivity index (χ1n) is 11.0. The maximum Gasteiger partial charge on any atom is 0.407 e. The Kier molecular flexibility index (Phi) is 6.48. The molecule has 2 atom stereocenters. The van der Waals surface area contributed by atoms with Gasteiger partial charge >= 0.3 is 12.1 Å². The number of morpholine rings is 1. The molecule has 1 aliphatic rings. The average Bonchev–Trinajstić information content (AvgIpc) is 3.12. The number of ether oxygens (including phenoxy) is 1. The van der Waals surface area contributed by atoms with Crippen LogP contribution in [0.5, 0.6) is 0 Å². The van der Waals surface area contributed by atoms with Crippen molar-refractivity contribution >= 4 is 33.6 Å². The Labute approximate surface area is 193 Å². The number of halogens is 4. The summed E-state index contributed by atoms with van der Waals surface area (Å²) in [6.07, 6.45) is -5.43. The normalized spacial score (nSPS) is 17.3. The molecule has 2 heterocycles. The summed E-state index contributed by atoms with van der Waals surface area (Å²) in [6.45, 7) is 4.97. The van der Waals surface area contributed by atoms with Crippen molar-refractivity contribution in [2.45, 2.75) is 44.2 Å². The molecule has 0 aliphatic carbocycles. The highest BCUT2D eigenvalue weighted by Gasteiger charge is 2.44. The van der Waals surface area contributed by atoms with Gasteiger partial charge in [0.15, 0.2) is 0 Å². The van der Waals surface area contributed by atoms with Crippen LogP contribution in [0.25, 0.3) is 21.9 Å². The molecular formula is C24H26F4N2O4. The molecule has 0 bridgehead atoms. The highest BCUT2D eigenvalue weighted by atomic mass is 19.4. The second-order valence-electron chi connectivity index (χ2n) is 9.09. The molecule has 184 valence electrons. The van der Waals surface area contributed by atoms with Crippen LogP contribution in [0.4, 0.5) is 23.2 Å². The van der Waals surface area contributed by atoms with Crippen molar-refractivity contribution in [3.8, 4) is 0 Å². The first kappa shape index (κ1) is 24.3. The number of carbonyl (C=O) groups is 1. The number of carboxylic acids is 1. The Hall–Kier alpha value is -2.85. The minimum atomic E-state index is -4.81. The number of hydrogen-bond acceptors (Lipinski definition) is 5. The number of fused-ring (bicyclic) bond motifs is 3. The van der Waals surface area contributed by atoms with Gasteiger partial charge in [0.2, 0.25) is 0 Å². The number of nitrogens with zero attached hydrogens (tertiary/aromatic N) is 1. The van der Waals surface area contributed by atoms with Gasteiger partial charge in [-0.25, -0.2) is 4.39 Å². The molecule has 2 aromatic carbocycles. The summed E-state index contributed by atoms with van der Waals surface area (Å²) in [4.78, 5) is 13.7. The summed E-state index contributed by atoms with van der Waals surface area (Å²) in [5, 5.41) is 12.9. The minimum Gasteiger partial charge on any atom is -0.480 e. The van der Waals surface area contributed by atoms with E-state index in [0.29, 0.717) is 24.2 Å². The van der Waals surface area contributed by atoms with E-state index in [0.717, 1.165) is 38.0 Å². The molecule has 4 rings (SSSR count). The van der Waals surface area contributed by atoms with Crippen LogP contribution < -0.4 is 10.2 Å². The fourth-order valence-electron chi connectivity index (χ4n) is 4.26. The summed E-state index contributed by atoms with van der Waals surface area (Å²) < 4.78 is 67.0. The van der Waals surface area contributed by atoms with E-state index in [9.17, 15) is 27.5 Å². The van der Waals surface area contributed by atoms with E-state index in [2.05, 4.69) is 10.2 Å². The molecule has 10 heteroatoms. The van der Waals surface area contributed by atoms with Crippen LogP contribution in [0.3, 0.4) is 0 Å².